The molecular formula is C13H16ClNO. The van der Waals surface area contributed by atoms with Crippen molar-refractivity contribution in [2.75, 3.05) is 0 Å². The van der Waals surface area contributed by atoms with Gasteiger partial charge in [0.15, 0.2) is 5.78 Å². The fourth-order valence-corrected chi connectivity index (χ4v) is 1.86. The van der Waals surface area contributed by atoms with E-state index in [1.807, 2.05) is 26.0 Å². The van der Waals surface area contributed by atoms with Crippen LogP contribution < -0.4 is 5.32 Å². The zero-order valence-electron chi connectivity index (χ0n) is 9.59. The molecule has 16 heavy (non-hydrogen) atoms. The van der Waals surface area contributed by atoms with E-state index in [0.29, 0.717) is 16.6 Å². The second kappa shape index (κ2) is 4.56. The van der Waals surface area contributed by atoms with Crippen LogP contribution in [0.15, 0.2) is 18.2 Å². The molecule has 2 rings (SSSR count). The van der Waals surface area contributed by atoms with Crippen molar-refractivity contribution in [1.29, 1.82) is 0 Å². The van der Waals surface area contributed by atoms with Gasteiger partial charge in [0.1, 0.15) is 0 Å². The number of ketones is 1. The average Bonchev–Trinajstić information content (AvgIpc) is 3.05. The summed E-state index contributed by atoms with van der Waals surface area (Å²) in [6, 6.07) is 5.91. The molecule has 1 unspecified atom stereocenters. The van der Waals surface area contributed by atoms with E-state index < -0.39 is 0 Å². The molecule has 1 aliphatic carbocycles. The lowest BCUT2D eigenvalue weighted by molar-refractivity contribution is 0.0950. The molecule has 0 spiro atoms. The predicted molar refractivity (Wildman–Crippen MR) is 66.1 cm³/mol. The Bertz CT molecular complexity index is 412. The summed E-state index contributed by atoms with van der Waals surface area (Å²) in [6.07, 6.45) is 2.37. The van der Waals surface area contributed by atoms with Crippen molar-refractivity contribution < 1.29 is 4.79 Å². The van der Waals surface area contributed by atoms with Crippen LogP contribution in [-0.2, 0) is 0 Å². The van der Waals surface area contributed by atoms with Crippen molar-refractivity contribution in [3.8, 4) is 0 Å². The molecule has 1 atom stereocenters. The maximum Gasteiger partial charge on any atom is 0.179 e. The number of aryl methyl sites for hydroxylation is 1. The number of nitrogens with one attached hydrogen (secondary N) is 1. The van der Waals surface area contributed by atoms with E-state index in [9.17, 15) is 4.79 Å². The Balaban J connectivity index is 2.09. The molecule has 0 radical (unpaired) electrons. The van der Waals surface area contributed by atoms with Crippen LogP contribution in [0.1, 0.15) is 35.7 Å². The molecule has 1 aromatic carbocycles. The smallest absolute Gasteiger partial charge is 0.179 e. The highest BCUT2D eigenvalue weighted by Crippen LogP contribution is 2.21. The van der Waals surface area contributed by atoms with Crippen molar-refractivity contribution in [3.63, 3.8) is 0 Å². The van der Waals surface area contributed by atoms with Gasteiger partial charge in [0.25, 0.3) is 0 Å². The van der Waals surface area contributed by atoms with E-state index in [-0.39, 0.29) is 11.8 Å². The van der Waals surface area contributed by atoms with E-state index in [1.165, 1.54) is 12.8 Å². The molecule has 2 nitrogen and oxygen atoms in total. The van der Waals surface area contributed by atoms with Crippen molar-refractivity contribution >= 4 is 17.4 Å². The number of hydrogen-bond donors (Lipinski definition) is 1. The maximum absolute atomic E-state index is 12.1. The Morgan fingerprint density at radius 3 is 2.75 bits per heavy atom. The number of halogens is 1. The number of carbonyl (C=O) groups is 1. The lowest BCUT2D eigenvalue weighted by Gasteiger charge is -2.12. The number of hydrogen-bond acceptors (Lipinski definition) is 2. The Kier molecular flexibility index (Phi) is 3.31. The fraction of sp³-hybridized carbons (Fsp3) is 0.462. The van der Waals surface area contributed by atoms with Gasteiger partial charge in [0, 0.05) is 16.6 Å². The molecule has 0 bridgehead atoms. The molecule has 1 N–H and O–H groups in total. The van der Waals surface area contributed by atoms with Gasteiger partial charge in [-0.05, 0) is 38.3 Å². The van der Waals surface area contributed by atoms with Crippen LogP contribution in [0, 0.1) is 6.92 Å². The number of rotatable bonds is 4. The molecular weight excluding hydrogens is 222 g/mol. The number of carbonyl (C=O) groups excluding carboxylic acids is 1. The lowest BCUT2D eigenvalue weighted by Crippen LogP contribution is -2.35. The van der Waals surface area contributed by atoms with Gasteiger partial charge in [-0.3, -0.25) is 4.79 Å². The first kappa shape index (κ1) is 11.6. The summed E-state index contributed by atoms with van der Waals surface area (Å²) in [5.41, 5.74) is 1.69. The molecule has 1 fully saturated rings. The molecule has 0 amide bonds. The normalized spacial score (nSPS) is 17.2. The van der Waals surface area contributed by atoms with Gasteiger partial charge in [-0.15, -0.1) is 0 Å². The van der Waals surface area contributed by atoms with Crippen LogP contribution >= 0.6 is 11.6 Å². The van der Waals surface area contributed by atoms with Crippen LogP contribution in [0.5, 0.6) is 0 Å². The van der Waals surface area contributed by atoms with Crippen molar-refractivity contribution in [1.82, 2.24) is 5.32 Å². The topological polar surface area (TPSA) is 29.1 Å². The monoisotopic (exact) mass is 237 g/mol. The molecule has 1 aromatic rings. The van der Waals surface area contributed by atoms with Crippen molar-refractivity contribution in [3.05, 3.63) is 34.3 Å². The summed E-state index contributed by atoms with van der Waals surface area (Å²) < 4.78 is 0. The minimum atomic E-state index is -0.119. The van der Waals surface area contributed by atoms with Crippen LogP contribution in [0.4, 0.5) is 0 Å². The Hall–Kier alpha value is -0.860. The Labute approximate surface area is 101 Å². The first-order valence-corrected chi connectivity index (χ1v) is 6.02. The predicted octanol–water partition coefficient (Wildman–Crippen LogP) is 2.97. The largest absolute Gasteiger partial charge is 0.305 e. The summed E-state index contributed by atoms with van der Waals surface area (Å²) in [5, 5.41) is 3.95. The third-order valence-corrected chi connectivity index (χ3v) is 3.32. The van der Waals surface area contributed by atoms with Gasteiger partial charge in [-0.25, -0.2) is 0 Å². The van der Waals surface area contributed by atoms with E-state index in [0.717, 1.165) is 5.56 Å². The molecule has 0 heterocycles. The standard InChI is InChI=1S/C13H16ClNO/c1-8-3-4-10(7-12(8)14)13(16)9(2)15-11-5-6-11/h3-4,7,9,11,15H,5-6H2,1-2H3. The third kappa shape index (κ3) is 2.63. The summed E-state index contributed by atoms with van der Waals surface area (Å²) >= 11 is 6.01. The van der Waals surface area contributed by atoms with Crippen molar-refractivity contribution in [2.24, 2.45) is 0 Å². The molecule has 0 saturated heterocycles. The lowest BCUT2D eigenvalue weighted by atomic mass is 10.0. The summed E-state index contributed by atoms with van der Waals surface area (Å²) in [4.78, 5) is 12.1. The van der Waals surface area contributed by atoms with Crippen LogP contribution in [-0.4, -0.2) is 17.9 Å². The highest BCUT2D eigenvalue weighted by atomic mass is 35.5. The van der Waals surface area contributed by atoms with Gasteiger partial charge in [-0.2, -0.15) is 0 Å². The van der Waals surface area contributed by atoms with Crippen LogP contribution in [0.3, 0.4) is 0 Å². The summed E-state index contributed by atoms with van der Waals surface area (Å²) in [5.74, 6) is 0.119. The quantitative estimate of drug-likeness (QED) is 0.816. The second-order valence-electron chi connectivity index (χ2n) is 4.49. The molecule has 1 saturated carbocycles. The van der Waals surface area contributed by atoms with Gasteiger partial charge in [0.2, 0.25) is 0 Å². The van der Waals surface area contributed by atoms with Gasteiger partial charge < -0.3 is 5.32 Å². The van der Waals surface area contributed by atoms with Gasteiger partial charge in [-0.1, -0.05) is 23.7 Å². The average molecular weight is 238 g/mol. The zero-order chi connectivity index (χ0) is 11.7. The molecule has 0 aromatic heterocycles. The second-order valence-corrected chi connectivity index (χ2v) is 4.90. The van der Waals surface area contributed by atoms with Crippen LogP contribution in [0.2, 0.25) is 5.02 Å². The Morgan fingerprint density at radius 2 is 2.19 bits per heavy atom. The van der Waals surface area contributed by atoms with Gasteiger partial charge >= 0.3 is 0 Å². The first-order valence-electron chi connectivity index (χ1n) is 5.64. The van der Waals surface area contributed by atoms with E-state index in [4.69, 9.17) is 11.6 Å². The first-order chi connectivity index (χ1) is 7.58. The van der Waals surface area contributed by atoms with Gasteiger partial charge in [0.05, 0.1) is 6.04 Å². The van der Waals surface area contributed by atoms with E-state index in [2.05, 4.69) is 5.32 Å². The fourth-order valence-electron chi connectivity index (χ4n) is 1.68. The highest BCUT2D eigenvalue weighted by Gasteiger charge is 2.26. The minimum Gasteiger partial charge on any atom is -0.305 e. The van der Waals surface area contributed by atoms with Crippen LogP contribution in [0.25, 0.3) is 0 Å². The number of Topliss-reactive ketones (excluding diaryl/α,β-unsaturated/α-hetero) is 1. The van der Waals surface area contributed by atoms with E-state index >= 15 is 0 Å². The zero-order valence-corrected chi connectivity index (χ0v) is 10.3. The molecule has 1 aliphatic rings. The molecule has 3 heteroatoms. The van der Waals surface area contributed by atoms with E-state index in [1.54, 1.807) is 6.07 Å². The highest BCUT2D eigenvalue weighted by molar-refractivity contribution is 6.31. The maximum atomic E-state index is 12.1. The third-order valence-electron chi connectivity index (χ3n) is 2.91. The molecule has 86 valence electrons. The SMILES string of the molecule is Cc1ccc(C(=O)C(C)NC2CC2)cc1Cl. The number of benzene rings is 1. The summed E-state index contributed by atoms with van der Waals surface area (Å²) in [6.45, 7) is 3.84. The Morgan fingerprint density at radius 1 is 1.50 bits per heavy atom. The summed E-state index contributed by atoms with van der Waals surface area (Å²) in [7, 11) is 0. The van der Waals surface area contributed by atoms with Crippen molar-refractivity contribution in [2.45, 2.75) is 38.8 Å². The molecule has 0 aliphatic heterocycles. The minimum absolute atomic E-state index is 0.119.